The summed E-state index contributed by atoms with van der Waals surface area (Å²) in [6, 6.07) is 0.441. The van der Waals surface area contributed by atoms with Crippen LogP contribution in [0.5, 0.6) is 0 Å². The van der Waals surface area contributed by atoms with Crippen LogP contribution in [-0.4, -0.2) is 16.0 Å². The van der Waals surface area contributed by atoms with Crippen LogP contribution >= 0.6 is 11.6 Å². The van der Waals surface area contributed by atoms with Gasteiger partial charge in [-0.25, -0.2) is 4.98 Å². The molecule has 0 aliphatic heterocycles. The van der Waals surface area contributed by atoms with Gasteiger partial charge in [-0.2, -0.15) is 0 Å². The third-order valence-electron chi connectivity index (χ3n) is 2.70. The molecule has 1 aliphatic carbocycles. The molecule has 2 unspecified atom stereocenters. The molecule has 0 aromatic carbocycles. The number of hydrogen-bond acceptors (Lipinski definition) is 3. The second-order valence-electron chi connectivity index (χ2n) is 3.93. The van der Waals surface area contributed by atoms with Gasteiger partial charge in [0.05, 0.1) is 6.33 Å². The Morgan fingerprint density at radius 2 is 2.53 bits per heavy atom. The molecule has 5 heteroatoms. The summed E-state index contributed by atoms with van der Waals surface area (Å²) in [5, 5.41) is 3.35. The van der Waals surface area contributed by atoms with E-state index in [1.165, 1.54) is 19.2 Å². The minimum atomic E-state index is -0.290. The zero-order chi connectivity index (χ0) is 10.8. The summed E-state index contributed by atoms with van der Waals surface area (Å²) in [5.74, 6) is 1.22. The Labute approximate surface area is 93.1 Å². The van der Waals surface area contributed by atoms with E-state index in [1.807, 2.05) is 0 Å². The SMILES string of the molecule is CCCC1CC1Nc1nc[nH]c(=O)c1Cl. The molecule has 2 rings (SSSR count). The van der Waals surface area contributed by atoms with E-state index in [-0.39, 0.29) is 10.6 Å². The third-order valence-corrected chi connectivity index (χ3v) is 3.05. The maximum Gasteiger partial charge on any atom is 0.271 e. The van der Waals surface area contributed by atoms with Gasteiger partial charge in [0, 0.05) is 6.04 Å². The first-order chi connectivity index (χ1) is 7.22. The number of H-pyrrole nitrogens is 1. The lowest BCUT2D eigenvalue weighted by molar-refractivity contribution is 0.692. The van der Waals surface area contributed by atoms with Crippen LogP contribution in [0, 0.1) is 5.92 Å². The highest BCUT2D eigenvalue weighted by Gasteiger charge is 2.36. The molecule has 0 radical (unpaired) electrons. The highest BCUT2D eigenvalue weighted by atomic mass is 35.5. The highest BCUT2D eigenvalue weighted by molar-refractivity contribution is 6.32. The van der Waals surface area contributed by atoms with Gasteiger partial charge in [0.15, 0.2) is 5.82 Å². The number of rotatable bonds is 4. The van der Waals surface area contributed by atoms with Crippen molar-refractivity contribution in [3.05, 3.63) is 21.7 Å². The summed E-state index contributed by atoms with van der Waals surface area (Å²) in [7, 11) is 0. The van der Waals surface area contributed by atoms with Crippen molar-refractivity contribution < 1.29 is 0 Å². The van der Waals surface area contributed by atoms with Crippen molar-refractivity contribution in [1.82, 2.24) is 9.97 Å². The van der Waals surface area contributed by atoms with E-state index in [4.69, 9.17) is 11.6 Å². The fourth-order valence-corrected chi connectivity index (χ4v) is 1.93. The van der Waals surface area contributed by atoms with E-state index in [1.54, 1.807) is 0 Å². The number of aromatic nitrogens is 2. The number of aromatic amines is 1. The van der Waals surface area contributed by atoms with E-state index < -0.39 is 0 Å². The Morgan fingerprint density at radius 3 is 3.27 bits per heavy atom. The van der Waals surface area contributed by atoms with E-state index in [9.17, 15) is 4.79 Å². The summed E-state index contributed by atoms with van der Waals surface area (Å²) in [6.45, 7) is 2.17. The molecule has 1 aliphatic rings. The molecule has 82 valence electrons. The number of anilines is 1. The minimum Gasteiger partial charge on any atom is -0.366 e. The van der Waals surface area contributed by atoms with Gasteiger partial charge >= 0.3 is 0 Å². The lowest BCUT2D eigenvalue weighted by Gasteiger charge is -2.05. The van der Waals surface area contributed by atoms with Crippen LogP contribution in [0.1, 0.15) is 26.2 Å². The number of nitrogens with zero attached hydrogens (tertiary/aromatic N) is 1. The fraction of sp³-hybridized carbons (Fsp3) is 0.600. The normalized spacial score (nSPS) is 23.9. The molecule has 1 heterocycles. The Balaban J connectivity index is 2.01. The minimum absolute atomic E-state index is 0.152. The molecule has 15 heavy (non-hydrogen) atoms. The van der Waals surface area contributed by atoms with Gasteiger partial charge in [-0.15, -0.1) is 0 Å². The maximum absolute atomic E-state index is 11.2. The van der Waals surface area contributed by atoms with E-state index in [2.05, 4.69) is 22.2 Å². The van der Waals surface area contributed by atoms with Gasteiger partial charge < -0.3 is 10.3 Å². The Kier molecular flexibility index (Phi) is 2.95. The maximum atomic E-state index is 11.2. The van der Waals surface area contributed by atoms with Gasteiger partial charge in [-0.05, 0) is 18.8 Å². The molecule has 0 spiro atoms. The highest BCUT2D eigenvalue weighted by Crippen LogP contribution is 2.37. The van der Waals surface area contributed by atoms with Crippen LogP contribution in [0.15, 0.2) is 11.1 Å². The predicted octanol–water partition coefficient (Wildman–Crippen LogP) is 2.02. The summed E-state index contributed by atoms with van der Waals surface area (Å²) in [6.07, 6.45) is 4.93. The van der Waals surface area contributed by atoms with Crippen LogP contribution in [0.2, 0.25) is 5.02 Å². The molecule has 0 amide bonds. The Morgan fingerprint density at radius 1 is 1.73 bits per heavy atom. The van der Waals surface area contributed by atoms with Gasteiger partial charge in [-0.1, -0.05) is 24.9 Å². The van der Waals surface area contributed by atoms with Gasteiger partial charge in [0.2, 0.25) is 0 Å². The average molecular weight is 228 g/mol. The average Bonchev–Trinajstić information content (AvgIpc) is 2.93. The topological polar surface area (TPSA) is 57.8 Å². The van der Waals surface area contributed by atoms with Crippen molar-refractivity contribution in [1.29, 1.82) is 0 Å². The molecular weight excluding hydrogens is 214 g/mol. The largest absolute Gasteiger partial charge is 0.366 e. The number of halogens is 1. The Hall–Kier alpha value is -1.03. The molecule has 1 saturated carbocycles. The zero-order valence-electron chi connectivity index (χ0n) is 8.59. The quantitative estimate of drug-likeness (QED) is 0.828. The second kappa shape index (κ2) is 4.23. The molecule has 1 aromatic rings. The molecule has 4 nitrogen and oxygen atoms in total. The zero-order valence-corrected chi connectivity index (χ0v) is 9.34. The monoisotopic (exact) mass is 227 g/mol. The first-order valence-corrected chi connectivity index (χ1v) is 5.60. The number of nitrogens with one attached hydrogen (secondary N) is 2. The molecule has 1 fully saturated rings. The van der Waals surface area contributed by atoms with Crippen molar-refractivity contribution in [3.63, 3.8) is 0 Å². The number of hydrogen-bond donors (Lipinski definition) is 2. The van der Waals surface area contributed by atoms with Crippen molar-refractivity contribution in [2.24, 2.45) is 5.92 Å². The Bertz CT molecular complexity index is 404. The van der Waals surface area contributed by atoms with Crippen LogP contribution in [0.3, 0.4) is 0 Å². The standard InChI is InChI=1S/C10H14ClN3O/c1-2-3-6-4-7(6)14-9-8(11)10(15)13-5-12-9/h5-7H,2-4H2,1H3,(H2,12,13,14,15). The smallest absolute Gasteiger partial charge is 0.271 e. The summed E-state index contributed by atoms with van der Waals surface area (Å²) < 4.78 is 0. The molecule has 1 aromatic heterocycles. The molecule has 2 atom stereocenters. The van der Waals surface area contributed by atoms with Gasteiger partial charge in [0.25, 0.3) is 5.56 Å². The van der Waals surface area contributed by atoms with Crippen molar-refractivity contribution >= 4 is 17.4 Å². The summed E-state index contributed by atoms with van der Waals surface area (Å²) >= 11 is 5.82. The van der Waals surface area contributed by atoms with Crippen LogP contribution < -0.4 is 10.9 Å². The van der Waals surface area contributed by atoms with Crippen molar-refractivity contribution in [2.75, 3.05) is 5.32 Å². The predicted molar refractivity (Wildman–Crippen MR) is 60.3 cm³/mol. The summed E-state index contributed by atoms with van der Waals surface area (Å²) in [4.78, 5) is 17.6. The van der Waals surface area contributed by atoms with E-state index >= 15 is 0 Å². The second-order valence-corrected chi connectivity index (χ2v) is 4.31. The van der Waals surface area contributed by atoms with Crippen molar-refractivity contribution in [2.45, 2.75) is 32.2 Å². The van der Waals surface area contributed by atoms with E-state index in [0.29, 0.717) is 17.8 Å². The fourth-order valence-electron chi connectivity index (χ4n) is 1.77. The van der Waals surface area contributed by atoms with Crippen molar-refractivity contribution in [3.8, 4) is 0 Å². The van der Waals surface area contributed by atoms with Crippen LogP contribution in [-0.2, 0) is 0 Å². The molecule has 0 bridgehead atoms. The lowest BCUT2D eigenvalue weighted by atomic mass is 10.2. The van der Waals surface area contributed by atoms with E-state index in [0.717, 1.165) is 6.42 Å². The molecule has 2 N–H and O–H groups in total. The molecular formula is C10H14ClN3O. The van der Waals surface area contributed by atoms with Crippen LogP contribution in [0.25, 0.3) is 0 Å². The van der Waals surface area contributed by atoms with Gasteiger partial charge in [-0.3, -0.25) is 4.79 Å². The van der Waals surface area contributed by atoms with Crippen LogP contribution in [0.4, 0.5) is 5.82 Å². The third kappa shape index (κ3) is 2.31. The lowest BCUT2D eigenvalue weighted by Crippen LogP contribution is -2.13. The van der Waals surface area contributed by atoms with Gasteiger partial charge in [0.1, 0.15) is 5.02 Å². The molecule has 0 saturated heterocycles. The first kappa shape index (κ1) is 10.5. The first-order valence-electron chi connectivity index (χ1n) is 5.22. The summed E-state index contributed by atoms with van der Waals surface area (Å²) in [5.41, 5.74) is -0.290.